The van der Waals surface area contributed by atoms with Crippen molar-refractivity contribution in [2.75, 3.05) is 6.61 Å². The highest BCUT2D eigenvalue weighted by Crippen LogP contribution is 2.29. The molecule has 0 heterocycles. The average Bonchev–Trinajstić information content (AvgIpc) is 2.53. The van der Waals surface area contributed by atoms with Gasteiger partial charge in [-0.15, -0.1) is 0 Å². The summed E-state index contributed by atoms with van der Waals surface area (Å²) in [6, 6.07) is 16.4. The standard InChI is InChI=1S/C19H23NO/c1-3-5-9-16-12-13-18(19(14-16)21-4-2)20-15-17-10-7-6-8-11-17/h6-8,10-15H,3-5,9H2,1-2H3. The molecule has 0 spiro atoms. The summed E-state index contributed by atoms with van der Waals surface area (Å²) >= 11 is 0. The van der Waals surface area contributed by atoms with Gasteiger partial charge in [-0.1, -0.05) is 49.7 Å². The molecule has 0 aliphatic carbocycles. The number of aliphatic imine (C=N–C) groups is 1. The number of unbranched alkanes of at least 4 members (excludes halogenated alkanes) is 1. The van der Waals surface area contributed by atoms with E-state index in [9.17, 15) is 0 Å². The highest BCUT2D eigenvalue weighted by atomic mass is 16.5. The first-order chi connectivity index (χ1) is 10.3. The Morgan fingerprint density at radius 3 is 2.57 bits per heavy atom. The first-order valence-electron chi connectivity index (χ1n) is 7.68. The Labute approximate surface area is 127 Å². The molecule has 0 fully saturated rings. The van der Waals surface area contributed by atoms with Crippen LogP contribution in [0.15, 0.2) is 53.5 Å². The van der Waals surface area contributed by atoms with Gasteiger partial charge >= 0.3 is 0 Å². The first-order valence-corrected chi connectivity index (χ1v) is 7.68. The predicted octanol–water partition coefficient (Wildman–Crippen LogP) is 5.18. The Kier molecular flexibility index (Phi) is 6.01. The normalized spacial score (nSPS) is 11.0. The van der Waals surface area contributed by atoms with Crippen LogP contribution in [0.3, 0.4) is 0 Å². The fourth-order valence-electron chi connectivity index (χ4n) is 2.16. The lowest BCUT2D eigenvalue weighted by Gasteiger charge is -2.09. The van der Waals surface area contributed by atoms with Crippen molar-refractivity contribution in [2.24, 2.45) is 4.99 Å². The van der Waals surface area contributed by atoms with Crippen molar-refractivity contribution in [2.45, 2.75) is 33.1 Å². The topological polar surface area (TPSA) is 21.6 Å². The van der Waals surface area contributed by atoms with E-state index >= 15 is 0 Å². The van der Waals surface area contributed by atoms with E-state index in [1.165, 1.54) is 18.4 Å². The van der Waals surface area contributed by atoms with Crippen LogP contribution in [0.5, 0.6) is 5.75 Å². The number of hydrogen-bond donors (Lipinski definition) is 0. The van der Waals surface area contributed by atoms with Crippen molar-refractivity contribution in [3.8, 4) is 5.75 Å². The smallest absolute Gasteiger partial charge is 0.145 e. The Hall–Kier alpha value is -2.09. The number of aryl methyl sites for hydroxylation is 1. The van der Waals surface area contributed by atoms with Gasteiger partial charge in [-0.3, -0.25) is 4.99 Å². The van der Waals surface area contributed by atoms with E-state index in [2.05, 4.69) is 30.1 Å². The highest BCUT2D eigenvalue weighted by Gasteiger charge is 2.04. The molecule has 0 saturated heterocycles. The third kappa shape index (κ3) is 4.75. The van der Waals surface area contributed by atoms with E-state index in [1.807, 2.05) is 43.5 Å². The minimum atomic E-state index is 0.658. The van der Waals surface area contributed by atoms with Crippen molar-refractivity contribution in [3.63, 3.8) is 0 Å². The lowest BCUT2D eigenvalue weighted by molar-refractivity contribution is 0.341. The van der Waals surface area contributed by atoms with Crippen LogP contribution >= 0.6 is 0 Å². The number of ether oxygens (including phenoxy) is 1. The van der Waals surface area contributed by atoms with Gasteiger partial charge in [-0.25, -0.2) is 0 Å². The summed E-state index contributed by atoms with van der Waals surface area (Å²) in [4.78, 5) is 4.57. The molecule has 110 valence electrons. The maximum absolute atomic E-state index is 5.73. The molecular formula is C19H23NO. The summed E-state index contributed by atoms with van der Waals surface area (Å²) < 4.78 is 5.73. The van der Waals surface area contributed by atoms with Crippen LogP contribution in [-0.2, 0) is 6.42 Å². The average molecular weight is 281 g/mol. The molecule has 0 amide bonds. The van der Waals surface area contributed by atoms with E-state index in [1.54, 1.807) is 0 Å². The third-order valence-corrected chi connectivity index (χ3v) is 3.30. The molecule has 0 aliphatic rings. The van der Waals surface area contributed by atoms with E-state index in [-0.39, 0.29) is 0 Å². The molecule has 0 unspecified atom stereocenters. The van der Waals surface area contributed by atoms with Crippen molar-refractivity contribution in [3.05, 3.63) is 59.7 Å². The van der Waals surface area contributed by atoms with Crippen molar-refractivity contribution in [1.29, 1.82) is 0 Å². The minimum Gasteiger partial charge on any atom is -0.492 e. The lowest BCUT2D eigenvalue weighted by Crippen LogP contribution is -1.94. The quantitative estimate of drug-likeness (QED) is 0.641. The Bertz CT molecular complexity index is 575. The summed E-state index contributed by atoms with van der Waals surface area (Å²) in [5.41, 5.74) is 3.30. The number of nitrogens with zero attached hydrogens (tertiary/aromatic N) is 1. The molecule has 0 N–H and O–H groups in total. The minimum absolute atomic E-state index is 0.658. The predicted molar refractivity (Wildman–Crippen MR) is 89.9 cm³/mol. The maximum atomic E-state index is 5.73. The van der Waals surface area contributed by atoms with Crippen LogP contribution < -0.4 is 4.74 Å². The lowest BCUT2D eigenvalue weighted by atomic mass is 10.1. The molecule has 0 bridgehead atoms. The summed E-state index contributed by atoms with van der Waals surface area (Å²) in [5, 5.41) is 0. The van der Waals surface area contributed by atoms with E-state index < -0.39 is 0 Å². The van der Waals surface area contributed by atoms with Crippen molar-refractivity contribution < 1.29 is 4.74 Å². The molecule has 0 aromatic heterocycles. The van der Waals surface area contributed by atoms with Gasteiger partial charge in [0.2, 0.25) is 0 Å². The molecule has 2 aromatic carbocycles. The maximum Gasteiger partial charge on any atom is 0.145 e. The Morgan fingerprint density at radius 1 is 1.05 bits per heavy atom. The summed E-state index contributed by atoms with van der Waals surface area (Å²) in [5.74, 6) is 0.873. The molecule has 0 atom stereocenters. The van der Waals surface area contributed by atoms with E-state index in [4.69, 9.17) is 4.74 Å². The molecule has 0 aliphatic heterocycles. The van der Waals surface area contributed by atoms with Crippen LogP contribution in [0, 0.1) is 0 Å². The molecule has 2 nitrogen and oxygen atoms in total. The summed E-state index contributed by atoms with van der Waals surface area (Å²) in [6.45, 7) is 4.87. The van der Waals surface area contributed by atoms with Crippen LogP contribution in [0.4, 0.5) is 5.69 Å². The summed E-state index contributed by atoms with van der Waals surface area (Å²) in [6.07, 6.45) is 5.39. The largest absolute Gasteiger partial charge is 0.492 e. The fraction of sp³-hybridized carbons (Fsp3) is 0.316. The van der Waals surface area contributed by atoms with Gasteiger partial charge in [0.15, 0.2) is 0 Å². The molecule has 2 heteroatoms. The van der Waals surface area contributed by atoms with Crippen LogP contribution in [0.1, 0.15) is 37.8 Å². The third-order valence-electron chi connectivity index (χ3n) is 3.30. The van der Waals surface area contributed by atoms with E-state index in [0.29, 0.717) is 6.61 Å². The Balaban J connectivity index is 2.19. The number of benzene rings is 2. The van der Waals surface area contributed by atoms with Gasteiger partial charge < -0.3 is 4.74 Å². The SMILES string of the molecule is CCCCc1ccc(N=Cc2ccccc2)c(OCC)c1. The first kappa shape index (κ1) is 15.3. The number of rotatable bonds is 7. The Morgan fingerprint density at radius 2 is 1.86 bits per heavy atom. The van der Waals surface area contributed by atoms with Crippen molar-refractivity contribution >= 4 is 11.9 Å². The van der Waals surface area contributed by atoms with Gasteiger partial charge in [0, 0.05) is 6.21 Å². The van der Waals surface area contributed by atoms with Crippen LogP contribution in [0.2, 0.25) is 0 Å². The van der Waals surface area contributed by atoms with Crippen LogP contribution in [-0.4, -0.2) is 12.8 Å². The monoisotopic (exact) mass is 281 g/mol. The molecule has 0 saturated carbocycles. The molecule has 0 radical (unpaired) electrons. The van der Waals surface area contributed by atoms with Gasteiger partial charge in [0.1, 0.15) is 11.4 Å². The molecular weight excluding hydrogens is 258 g/mol. The second-order valence-electron chi connectivity index (χ2n) is 5.01. The molecule has 2 aromatic rings. The zero-order chi connectivity index (χ0) is 14.9. The second-order valence-corrected chi connectivity index (χ2v) is 5.01. The fourth-order valence-corrected chi connectivity index (χ4v) is 2.16. The summed E-state index contributed by atoms with van der Waals surface area (Å²) in [7, 11) is 0. The zero-order valence-corrected chi connectivity index (χ0v) is 12.9. The zero-order valence-electron chi connectivity index (χ0n) is 12.9. The van der Waals surface area contributed by atoms with Gasteiger partial charge in [-0.2, -0.15) is 0 Å². The van der Waals surface area contributed by atoms with Gasteiger partial charge in [0.25, 0.3) is 0 Å². The molecule has 2 rings (SSSR count). The highest BCUT2D eigenvalue weighted by molar-refractivity contribution is 5.82. The van der Waals surface area contributed by atoms with E-state index in [0.717, 1.165) is 23.4 Å². The van der Waals surface area contributed by atoms with Gasteiger partial charge in [0.05, 0.1) is 6.61 Å². The van der Waals surface area contributed by atoms with Crippen LogP contribution in [0.25, 0.3) is 0 Å². The second kappa shape index (κ2) is 8.25. The van der Waals surface area contributed by atoms with Gasteiger partial charge in [-0.05, 0) is 43.0 Å². The van der Waals surface area contributed by atoms with Crippen molar-refractivity contribution in [1.82, 2.24) is 0 Å². The number of hydrogen-bond acceptors (Lipinski definition) is 2. The molecule has 21 heavy (non-hydrogen) atoms.